The molecule has 0 radical (unpaired) electrons. The Balaban J connectivity index is 1.95. The maximum absolute atomic E-state index is 12.4. The first-order valence-electron chi connectivity index (χ1n) is 8.17. The van der Waals surface area contributed by atoms with Crippen LogP contribution in [0.2, 0.25) is 5.02 Å². The average molecular weight is 337 g/mol. The van der Waals surface area contributed by atoms with Crippen molar-refractivity contribution in [3.8, 4) is 0 Å². The van der Waals surface area contributed by atoms with Gasteiger partial charge in [0.1, 0.15) is 0 Å². The summed E-state index contributed by atoms with van der Waals surface area (Å²) >= 11 is 6.22. The van der Waals surface area contributed by atoms with Crippen LogP contribution in [0, 0.1) is 25.7 Å². The van der Waals surface area contributed by atoms with Crippen molar-refractivity contribution in [1.82, 2.24) is 4.90 Å². The van der Waals surface area contributed by atoms with Crippen molar-refractivity contribution < 1.29 is 9.59 Å². The molecule has 1 aromatic rings. The molecule has 2 atom stereocenters. The van der Waals surface area contributed by atoms with E-state index in [-0.39, 0.29) is 23.7 Å². The van der Waals surface area contributed by atoms with Gasteiger partial charge >= 0.3 is 0 Å². The van der Waals surface area contributed by atoms with Crippen LogP contribution in [-0.4, -0.2) is 30.3 Å². The summed E-state index contributed by atoms with van der Waals surface area (Å²) in [6, 6.07) is 3.81. The van der Waals surface area contributed by atoms with Crippen LogP contribution in [0.4, 0.5) is 5.69 Å². The number of nitrogens with zero attached hydrogens (tertiary/aromatic N) is 1. The van der Waals surface area contributed by atoms with Crippen LogP contribution in [0.15, 0.2) is 12.1 Å². The third-order valence-corrected chi connectivity index (χ3v) is 4.65. The van der Waals surface area contributed by atoms with Crippen LogP contribution in [-0.2, 0) is 9.59 Å². The van der Waals surface area contributed by atoms with E-state index in [0.29, 0.717) is 17.1 Å². The minimum atomic E-state index is -0.233. The molecule has 2 unspecified atom stereocenters. The van der Waals surface area contributed by atoms with E-state index in [1.165, 1.54) is 0 Å². The van der Waals surface area contributed by atoms with Gasteiger partial charge in [0.25, 0.3) is 0 Å². The molecule has 0 aromatic heterocycles. The number of halogens is 1. The minimum absolute atomic E-state index is 0.0744. The number of aryl methyl sites for hydroxylation is 2. The van der Waals surface area contributed by atoms with Crippen LogP contribution in [0.1, 0.15) is 37.3 Å². The molecule has 0 heterocycles. The largest absolute Gasteiger partial charge is 0.346 e. The number of rotatable bonds is 6. The fourth-order valence-corrected chi connectivity index (χ4v) is 3.20. The third-order valence-electron chi connectivity index (χ3n) is 4.35. The van der Waals surface area contributed by atoms with Gasteiger partial charge in [0.15, 0.2) is 0 Å². The Morgan fingerprint density at radius 2 is 2.00 bits per heavy atom. The van der Waals surface area contributed by atoms with Crippen molar-refractivity contribution >= 4 is 29.1 Å². The summed E-state index contributed by atoms with van der Waals surface area (Å²) in [6.07, 6.45) is 2.67. The smallest absolute Gasteiger partial charge is 0.228 e. The molecule has 1 saturated carbocycles. The van der Waals surface area contributed by atoms with E-state index in [1.807, 2.05) is 33.0 Å². The Kier molecular flexibility index (Phi) is 5.69. The molecule has 1 aromatic carbocycles. The van der Waals surface area contributed by atoms with Crippen LogP contribution in [0.3, 0.4) is 0 Å². The van der Waals surface area contributed by atoms with E-state index in [9.17, 15) is 9.59 Å². The Morgan fingerprint density at radius 1 is 1.30 bits per heavy atom. The van der Waals surface area contributed by atoms with Crippen molar-refractivity contribution in [1.29, 1.82) is 0 Å². The first-order valence-corrected chi connectivity index (χ1v) is 8.55. The molecule has 126 valence electrons. The molecule has 1 aliphatic carbocycles. The van der Waals surface area contributed by atoms with Gasteiger partial charge < -0.3 is 10.2 Å². The fourth-order valence-electron chi connectivity index (χ4n) is 2.84. The summed E-state index contributed by atoms with van der Waals surface area (Å²) < 4.78 is 0. The molecule has 1 aliphatic rings. The number of benzene rings is 1. The summed E-state index contributed by atoms with van der Waals surface area (Å²) in [5, 5.41) is 3.43. The van der Waals surface area contributed by atoms with Gasteiger partial charge in [0.2, 0.25) is 11.8 Å². The molecule has 0 saturated heterocycles. The molecule has 5 heteroatoms. The summed E-state index contributed by atoms with van der Waals surface area (Å²) in [4.78, 5) is 26.4. The highest BCUT2D eigenvalue weighted by molar-refractivity contribution is 6.34. The molecule has 1 N–H and O–H groups in total. The van der Waals surface area contributed by atoms with Gasteiger partial charge in [0.05, 0.1) is 22.5 Å². The van der Waals surface area contributed by atoms with Crippen LogP contribution in [0.5, 0.6) is 0 Å². The van der Waals surface area contributed by atoms with Crippen molar-refractivity contribution in [3.05, 3.63) is 28.3 Å². The summed E-state index contributed by atoms with van der Waals surface area (Å²) in [6.45, 7) is 6.73. The monoisotopic (exact) mass is 336 g/mol. The van der Waals surface area contributed by atoms with Gasteiger partial charge in [0, 0.05) is 13.6 Å². The predicted octanol–water partition coefficient (Wildman–Crippen LogP) is 3.79. The maximum atomic E-state index is 12.4. The number of hydrogen-bond donors (Lipinski definition) is 1. The van der Waals surface area contributed by atoms with E-state index in [4.69, 9.17) is 11.6 Å². The van der Waals surface area contributed by atoms with Gasteiger partial charge in [-0.2, -0.15) is 0 Å². The molecule has 2 rings (SSSR count). The van der Waals surface area contributed by atoms with Crippen molar-refractivity contribution in [2.24, 2.45) is 11.8 Å². The number of hydrogen-bond acceptors (Lipinski definition) is 2. The number of nitrogens with one attached hydrogen (secondary N) is 1. The lowest BCUT2D eigenvalue weighted by molar-refractivity contribution is -0.132. The highest BCUT2D eigenvalue weighted by atomic mass is 35.5. The van der Waals surface area contributed by atoms with E-state index >= 15 is 0 Å². The first-order chi connectivity index (χ1) is 10.8. The quantitative estimate of drug-likeness (QED) is 0.859. The Bertz CT molecular complexity index is 592. The average Bonchev–Trinajstić information content (AvgIpc) is 3.28. The zero-order valence-corrected chi connectivity index (χ0v) is 15.0. The summed E-state index contributed by atoms with van der Waals surface area (Å²) in [5.74, 6) is -0.448. The maximum Gasteiger partial charge on any atom is 0.228 e. The Morgan fingerprint density at radius 3 is 2.61 bits per heavy atom. The van der Waals surface area contributed by atoms with Crippen LogP contribution in [0.25, 0.3) is 0 Å². The highest BCUT2D eigenvalue weighted by Crippen LogP contribution is 2.41. The second-order valence-corrected chi connectivity index (χ2v) is 6.90. The lowest BCUT2D eigenvalue weighted by Gasteiger charge is -2.17. The van der Waals surface area contributed by atoms with Crippen molar-refractivity contribution in [3.63, 3.8) is 0 Å². The molecule has 1 fully saturated rings. The molecule has 0 aliphatic heterocycles. The summed E-state index contributed by atoms with van der Waals surface area (Å²) in [7, 11) is 1.81. The number of carbonyl (C=O) groups excluding carboxylic acids is 2. The minimum Gasteiger partial charge on any atom is -0.346 e. The van der Waals surface area contributed by atoms with E-state index in [1.54, 1.807) is 4.90 Å². The molecular formula is C18H25ClN2O2. The van der Waals surface area contributed by atoms with Gasteiger partial charge in [-0.25, -0.2) is 0 Å². The molecular weight excluding hydrogens is 312 g/mol. The van der Waals surface area contributed by atoms with E-state index in [0.717, 1.165) is 30.5 Å². The van der Waals surface area contributed by atoms with Crippen LogP contribution < -0.4 is 5.32 Å². The fraction of sp³-hybridized carbons (Fsp3) is 0.556. The molecule has 0 bridgehead atoms. The van der Waals surface area contributed by atoms with Gasteiger partial charge in [-0.05, 0) is 43.9 Å². The predicted molar refractivity (Wildman–Crippen MR) is 93.7 cm³/mol. The van der Waals surface area contributed by atoms with Crippen LogP contribution >= 0.6 is 11.6 Å². The third kappa shape index (κ3) is 4.25. The van der Waals surface area contributed by atoms with Crippen molar-refractivity contribution in [2.75, 3.05) is 18.9 Å². The first kappa shape index (κ1) is 17.8. The second-order valence-electron chi connectivity index (χ2n) is 6.49. The molecule has 23 heavy (non-hydrogen) atoms. The van der Waals surface area contributed by atoms with E-state index < -0.39 is 0 Å². The number of amides is 2. The number of unbranched alkanes of at least 4 members (excludes halogenated alkanes) is 1. The molecule has 2 amide bonds. The Hall–Kier alpha value is -1.55. The van der Waals surface area contributed by atoms with Gasteiger partial charge in [-0.1, -0.05) is 31.0 Å². The lowest BCUT2D eigenvalue weighted by atomic mass is 10.1. The van der Waals surface area contributed by atoms with Crippen molar-refractivity contribution in [2.45, 2.75) is 40.0 Å². The summed E-state index contributed by atoms with van der Waals surface area (Å²) in [5.41, 5.74) is 2.65. The SMILES string of the molecule is CCCCN(C)C(=O)C1CC1C(=O)Nc1c(C)cc(C)cc1Cl. The topological polar surface area (TPSA) is 49.4 Å². The zero-order chi connectivity index (χ0) is 17.1. The number of anilines is 1. The molecule has 0 spiro atoms. The zero-order valence-electron chi connectivity index (χ0n) is 14.3. The van der Waals surface area contributed by atoms with Gasteiger partial charge in [-0.3, -0.25) is 9.59 Å². The number of carbonyl (C=O) groups is 2. The highest BCUT2D eigenvalue weighted by Gasteiger charge is 2.49. The van der Waals surface area contributed by atoms with E-state index in [2.05, 4.69) is 12.2 Å². The lowest BCUT2D eigenvalue weighted by Crippen LogP contribution is -2.30. The standard InChI is InChI=1S/C18H25ClN2O2/c1-5-6-7-21(4)18(23)14-10-13(14)17(22)20-16-12(3)8-11(2)9-15(16)19/h8-9,13-14H,5-7,10H2,1-4H3,(H,20,22). The normalized spacial score (nSPS) is 19.3. The second kappa shape index (κ2) is 7.35. The Labute approximate surface area is 143 Å². The van der Waals surface area contributed by atoms with Gasteiger partial charge in [-0.15, -0.1) is 0 Å². The molecule has 4 nitrogen and oxygen atoms in total.